The van der Waals surface area contributed by atoms with Gasteiger partial charge in [0.05, 0.1) is 0 Å². The smallest absolute Gasteiger partial charge is 0.251 e. The lowest BCUT2D eigenvalue weighted by atomic mass is 10.1. The third kappa shape index (κ3) is 3.88. The fourth-order valence-electron chi connectivity index (χ4n) is 1.94. The van der Waals surface area contributed by atoms with E-state index in [0.717, 1.165) is 12.1 Å². The van der Waals surface area contributed by atoms with Gasteiger partial charge < -0.3 is 10.6 Å². The molecular weight excluding hydrogens is 290 g/mol. The van der Waals surface area contributed by atoms with Gasteiger partial charge in [-0.15, -0.1) is 0 Å². The number of benzene rings is 2. The summed E-state index contributed by atoms with van der Waals surface area (Å²) in [7, 11) is 1.52. The van der Waals surface area contributed by atoms with Gasteiger partial charge in [0.15, 0.2) is 0 Å². The summed E-state index contributed by atoms with van der Waals surface area (Å²) in [4.78, 5) is 23.4. The largest absolute Gasteiger partial charge is 0.355 e. The van der Waals surface area contributed by atoms with Crippen molar-refractivity contribution >= 4 is 11.8 Å². The van der Waals surface area contributed by atoms with Gasteiger partial charge in [-0.2, -0.15) is 0 Å². The summed E-state index contributed by atoms with van der Waals surface area (Å²) in [6.07, 6.45) is 0. The molecule has 2 aromatic rings. The van der Waals surface area contributed by atoms with E-state index in [1.54, 1.807) is 24.3 Å². The highest BCUT2D eigenvalue weighted by atomic mass is 19.1. The van der Waals surface area contributed by atoms with Crippen LogP contribution < -0.4 is 10.6 Å². The first-order valence-corrected chi connectivity index (χ1v) is 6.55. The van der Waals surface area contributed by atoms with Gasteiger partial charge in [0.2, 0.25) is 0 Å². The van der Waals surface area contributed by atoms with Crippen LogP contribution in [-0.2, 0) is 6.54 Å². The van der Waals surface area contributed by atoms with Crippen molar-refractivity contribution in [3.63, 3.8) is 0 Å². The Morgan fingerprint density at radius 1 is 0.955 bits per heavy atom. The first-order valence-electron chi connectivity index (χ1n) is 6.55. The molecule has 0 bridgehead atoms. The summed E-state index contributed by atoms with van der Waals surface area (Å²) in [6.45, 7) is 0.141. The van der Waals surface area contributed by atoms with E-state index in [4.69, 9.17) is 0 Å². The highest BCUT2D eigenvalue weighted by Gasteiger charge is 2.09. The molecule has 22 heavy (non-hydrogen) atoms. The summed E-state index contributed by atoms with van der Waals surface area (Å²) >= 11 is 0. The molecule has 0 aliphatic heterocycles. The standard InChI is InChI=1S/C16H14F2N2O2/c1-19-15(21)11-4-2-3-10(5-11)9-20-16(22)12-6-13(17)8-14(18)7-12/h2-8H,9H2,1H3,(H,19,21)(H,20,22). The van der Waals surface area contributed by atoms with Gasteiger partial charge in [-0.05, 0) is 29.8 Å². The Labute approximate surface area is 126 Å². The number of halogens is 2. The van der Waals surface area contributed by atoms with Crippen LogP contribution in [0.3, 0.4) is 0 Å². The van der Waals surface area contributed by atoms with E-state index in [9.17, 15) is 18.4 Å². The minimum absolute atomic E-state index is 0.0973. The minimum Gasteiger partial charge on any atom is -0.355 e. The molecule has 0 atom stereocenters. The molecule has 0 aromatic heterocycles. The molecule has 2 amide bonds. The molecule has 114 valence electrons. The van der Waals surface area contributed by atoms with Crippen LogP contribution in [0.1, 0.15) is 26.3 Å². The van der Waals surface area contributed by atoms with Crippen LogP contribution in [0.25, 0.3) is 0 Å². The summed E-state index contributed by atoms with van der Waals surface area (Å²) in [5, 5.41) is 5.05. The monoisotopic (exact) mass is 304 g/mol. The molecule has 0 unspecified atom stereocenters. The van der Waals surface area contributed by atoms with E-state index in [2.05, 4.69) is 10.6 Å². The Morgan fingerprint density at radius 3 is 2.27 bits per heavy atom. The number of hydrogen-bond donors (Lipinski definition) is 2. The maximum absolute atomic E-state index is 13.1. The molecule has 0 saturated heterocycles. The Hall–Kier alpha value is -2.76. The van der Waals surface area contributed by atoms with E-state index < -0.39 is 17.5 Å². The molecule has 0 radical (unpaired) electrons. The van der Waals surface area contributed by atoms with Gasteiger partial charge in [-0.25, -0.2) is 8.78 Å². The van der Waals surface area contributed by atoms with Gasteiger partial charge in [0.25, 0.3) is 11.8 Å². The summed E-state index contributed by atoms with van der Waals surface area (Å²) < 4.78 is 26.1. The number of hydrogen-bond acceptors (Lipinski definition) is 2. The first kappa shape index (κ1) is 15.6. The highest BCUT2D eigenvalue weighted by Crippen LogP contribution is 2.09. The Balaban J connectivity index is 2.06. The molecule has 6 heteroatoms. The maximum atomic E-state index is 13.1. The van der Waals surface area contributed by atoms with Crippen molar-refractivity contribution < 1.29 is 18.4 Å². The van der Waals surface area contributed by atoms with Crippen molar-refractivity contribution in [1.29, 1.82) is 0 Å². The molecule has 0 heterocycles. The van der Waals surface area contributed by atoms with E-state index in [-0.39, 0.29) is 18.0 Å². The Bertz CT molecular complexity index is 697. The molecule has 0 saturated carbocycles. The van der Waals surface area contributed by atoms with E-state index in [0.29, 0.717) is 17.2 Å². The average Bonchev–Trinajstić information content (AvgIpc) is 2.51. The predicted molar refractivity (Wildman–Crippen MR) is 77.4 cm³/mol. The predicted octanol–water partition coefficient (Wildman–Crippen LogP) is 2.25. The number of amides is 2. The van der Waals surface area contributed by atoms with Gasteiger partial charge in [0, 0.05) is 30.8 Å². The van der Waals surface area contributed by atoms with Crippen LogP contribution in [0.4, 0.5) is 8.78 Å². The van der Waals surface area contributed by atoms with E-state index >= 15 is 0 Å². The zero-order chi connectivity index (χ0) is 16.1. The van der Waals surface area contributed by atoms with Crippen molar-refractivity contribution in [2.24, 2.45) is 0 Å². The molecular formula is C16H14F2N2O2. The summed E-state index contributed by atoms with van der Waals surface area (Å²) in [6, 6.07) is 9.31. The normalized spacial score (nSPS) is 10.1. The zero-order valence-electron chi connectivity index (χ0n) is 11.8. The topological polar surface area (TPSA) is 58.2 Å². The lowest BCUT2D eigenvalue weighted by molar-refractivity contribution is 0.0948. The Morgan fingerprint density at radius 2 is 1.64 bits per heavy atom. The van der Waals surface area contributed by atoms with Crippen molar-refractivity contribution in [3.05, 3.63) is 70.8 Å². The van der Waals surface area contributed by atoms with E-state index in [1.807, 2.05) is 0 Å². The highest BCUT2D eigenvalue weighted by molar-refractivity contribution is 5.95. The second-order valence-corrected chi connectivity index (χ2v) is 4.62. The summed E-state index contributed by atoms with van der Waals surface area (Å²) in [5.41, 5.74) is 1.07. The quantitative estimate of drug-likeness (QED) is 0.910. The van der Waals surface area contributed by atoms with Crippen molar-refractivity contribution in [2.75, 3.05) is 7.05 Å². The van der Waals surface area contributed by atoms with Crippen LogP contribution in [0, 0.1) is 11.6 Å². The number of rotatable bonds is 4. The molecule has 2 N–H and O–H groups in total. The lowest BCUT2D eigenvalue weighted by Gasteiger charge is -2.07. The van der Waals surface area contributed by atoms with Crippen LogP contribution >= 0.6 is 0 Å². The SMILES string of the molecule is CNC(=O)c1cccc(CNC(=O)c2cc(F)cc(F)c2)c1. The number of carbonyl (C=O) groups excluding carboxylic acids is 2. The van der Waals surface area contributed by atoms with Crippen LogP contribution in [-0.4, -0.2) is 18.9 Å². The second-order valence-electron chi connectivity index (χ2n) is 4.62. The van der Waals surface area contributed by atoms with Gasteiger partial charge in [-0.3, -0.25) is 9.59 Å². The minimum atomic E-state index is -0.813. The second kappa shape index (κ2) is 6.80. The fourth-order valence-corrected chi connectivity index (χ4v) is 1.94. The number of carbonyl (C=O) groups is 2. The third-order valence-electron chi connectivity index (χ3n) is 2.99. The Kier molecular flexibility index (Phi) is 4.83. The molecule has 0 spiro atoms. The molecule has 2 rings (SSSR count). The first-order chi connectivity index (χ1) is 10.5. The fraction of sp³-hybridized carbons (Fsp3) is 0.125. The summed E-state index contributed by atoms with van der Waals surface area (Å²) in [5.74, 6) is -2.46. The zero-order valence-corrected chi connectivity index (χ0v) is 11.8. The van der Waals surface area contributed by atoms with Gasteiger partial charge >= 0.3 is 0 Å². The van der Waals surface area contributed by atoms with Crippen LogP contribution in [0.15, 0.2) is 42.5 Å². The lowest BCUT2D eigenvalue weighted by Crippen LogP contribution is -2.23. The molecule has 2 aromatic carbocycles. The molecule has 4 nitrogen and oxygen atoms in total. The van der Waals surface area contributed by atoms with Crippen LogP contribution in [0.5, 0.6) is 0 Å². The van der Waals surface area contributed by atoms with Crippen molar-refractivity contribution in [1.82, 2.24) is 10.6 Å². The molecule has 0 aliphatic carbocycles. The number of nitrogens with one attached hydrogen (secondary N) is 2. The maximum Gasteiger partial charge on any atom is 0.251 e. The van der Waals surface area contributed by atoms with Crippen molar-refractivity contribution in [2.45, 2.75) is 6.54 Å². The molecule has 0 aliphatic rings. The van der Waals surface area contributed by atoms with Gasteiger partial charge in [0.1, 0.15) is 11.6 Å². The molecule has 0 fully saturated rings. The van der Waals surface area contributed by atoms with Crippen molar-refractivity contribution in [3.8, 4) is 0 Å². The van der Waals surface area contributed by atoms with Gasteiger partial charge in [-0.1, -0.05) is 12.1 Å². The average molecular weight is 304 g/mol. The third-order valence-corrected chi connectivity index (χ3v) is 2.99. The van der Waals surface area contributed by atoms with Crippen LogP contribution in [0.2, 0.25) is 0 Å². The van der Waals surface area contributed by atoms with E-state index in [1.165, 1.54) is 7.05 Å².